The van der Waals surface area contributed by atoms with Gasteiger partial charge in [0.15, 0.2) is 0 Å². The van der Waals surface area contributed by atoms with E-state index in [2.05, 4.69) is 10.3 Å². The van der Waals surface area contributed by atoms with Crippen LogP contribution < -0.4 is 10.9 Å². The third-order valence-corrected chi connectivity index (χ3v) is 3.63. The van der Waals surface area contributed by atoms with Gasteiger partial charge in [0.05, 0.1) is 5.00 Å². The fourth-order valence-electron chi connectivity index (χ4n) is 1.83. The first-order chi connectivity index (χ1) is 9.38. The average Bonchev–Trinajstić information content (AvgIpc) is 2.75. The van der Waals surface area contributed by atoms with Crippen molar-refractivity contribution in [1.82, 2.24) is 4.98 Å². The number of hydrogen-bond acceptors (Lipinski definition) is 4. The summed E-state index contributed by atoms with van der Waals surface area (Å²) in [5, 5.41) is 11.7. The Kier molecular flexibility index (Phi) is 3.71. The SMILES string of the molecule is Cc1cc(C)c(C(=O)Nc2ccc(C(=O)O)s2)c(=O)[nH]1. The fraction of sp³-hybridized carbons (Fsp3) is 0.154. The largest absolute Gasteiger partial charge is 0.477 e. The minimum Gasteiger partial charge on any atom is -0.477 e. The summed E-state index contributed by atoms with van der Waals surface area (Å²) in [5.74, 6) is -1.61. The highest BCUT2D eigenvalue weighted by molar-refractivity contribution is 7.18. The number of aryl methyl sites for hydroxylation is 2. The van der Waals surface area contributed by atoms with Gasteiger partial charge in [0.25, 0.3) is 11.5 Å². The highest BCUT2D eigenvalue weighted by atomic mass is 32.1. The molecule has 3 N–H and O–H groups in total. The molecule has 0 aliphatic heterocycles. The van der Waals surface area contributed by atoms with Crippen LogP contribution in [0.2, 0.25) is 0 Å². The van der Waals surface area contributed by atoms with Crippen molar-refractivity contribution in [1.29, 1.82) is 0 Å². The van der Waals surface area contributed by atoms with Gasteiger partial charge in [-0.15, -0.1) is 11.3 Å². The van der Waals surface area contributed by atoms with E-state index in [4.69, 9.17) is 5.11 Å². The van der Waals surface area contributed by atoms with Crippen LogP contribution in [0, 0.1) is 13.8 Å². The molecule has 0 saturated heterocycles. The number of H-pyrrole nitrogens is 1. The lowest BCUT2D eigenvalue weighted by atomic mass is 10.1. The van der Waals surface area contributed by atoms with Crippen LogP contribution in [0.4, 0.5) is 5.00 Å². The second kappa shape index (κ2) is 5.30. The Morgan fingerprint density at radius 1 is 1.30 bits per heavy atom. The van der Waals surface area contributed by atoms with Crippen molar-refractivity contribution in [3.8, 4) is 0 Å². The molecule has 2 aromatic rings. The Bertz CT molecular complexity index is 745. The second-order valence-corrected chi connectivity index (χ2v) is 5.35. The van der Waals surface area contributed by atoms with Crippen molar-refractivity contribution in [2.75, 3.05) is 5.32 Å². The maximum Gasteiger partial charge on any atom is 0.345 e. The summed E-state index contributed by atoms with van der Waals surface area (Å²) in [6, 6.07) is 4.59. The van der Waals surface area contributed by atoms with E-state index in [0.717, 1.165) is 11.3 Å². The molecule has 2 rings (SSSR count). The average molecular weight is 292 g/mol. The number of pyridine rings is 1. The van der Waals surface area contributed by atoms with Crippen LogP contribution >= 0.6 is 11.3 Å². The van der Waals surface area contributed by atoms with Gasteiger partial charge < -0.3 is 15.4 Å². The molecular weight excluding hydrogens is 280 g/mol. The standard InChI is InChI=1S/C13H12N2O4S/c1-6-5-7(2)14-11(16)10(6)12(17)15-9-4-3-8(20-9)13(18)19/h3-5H,1-2H3,(H,14,16)(H,15,17)(H,18,19). The van der Waals surface area contributed by atoms with Crippen LogP contribution in [0.25, 0.3) is 0 Å². The van der Waals surface area contributed by atoms with Gasteiger partial charge in [-0.1, -0.05) is 0 Å². The minimum absolute atomic E-state index is 0.0286. The van der Waals surface area contributed by atoms with Gasteiger partial charge in [0.1, 0.15) is 10.4 Å². The third-order valence-electron chi connectivity index (χ3n) is 2.65. The summed E-state index contributed by atoms with van der Waals surface area (Å²) in [6.45, 7) is 3.41. The first-order valence-corrected chi connectivity index (χ1v) is 6.55. The Morgan fingerprint density at radius 2 is 2.00 bits per heavy atom. The molecule has 104 valence electrons. The molecule has 0 radical (unpaired) electrons. The van der Waals surface area contributed by atoms with E-state index >= 15 is 0 Å². The number of carbonyl (C=O) groups is 2. The molecule has 0 spiro atoms. The number of carbonyl (C=O) groups excluding carboxylic acids is 1. The Labute approximate surface area is 118 Å². The number of amides is 1. The van der Waals surface area contributed by atoms with Crippen molar-refractivity contribution in [3.63, 3.8) is 0 Å². The number of carboxylic acid groups (broad SMARTS) is 1. The Balaban J connectivity index is 2.28. The van der Waals surface area contributed by atoms with Gasteiger partial charge >= 0.3 is 5.97 Å². The van der Waals surface area contributed by atoms with Crippen molar-refractivity contribution >= 4 is 28.2 Å². The van der Waals surface area contributed by atoms with Crippen LogP contribution in [0.5, 0.6) is 0 Å². The molecule has 20 heavy (non-hydrogen) atoms. The molecule has 0 unspecified atom stereocenters. The van der Waals surface area contributed by atoms with Crippen LogP contribution in [-0.4, -0.2) is 22.0 Å². The summed E-state index contributed by atoms with van der Waals surface area (Å²) in [4.78, 5) is 37.3. The summed E-state index contributed by atoms with van der Waals surface area (Å²) in [5.41, 5.74) is 0.808. The van der Waals surface area contributed by atoms with E-state index in [1.165, 1.54) is 12.1 Å². The topological polar surface area (TPSA) is 99.3 Å². The predicted molar refractivity (Wildman–Crippen MR) is 75.8 cm³/mol. The molecule has 0 bridgehead atoms. The van der Waals surface area contributed by atoms with Crippen LogP contribution in [-0.2, 0) is 0 Å². The fourth-order valence-corrected chi connectivity index (χ4v) is 2.57. The zero-order chi connectivity index (χ0) is 14.9. The minimum atomic E-state index is -1.06. The van der Waals surface area contributed by atoms with Gasteiger partial charge in [-0.3, -0.25) is 9.59 Å². The molecular formula is C13H12N2O4S. The number of aromatic carboxylic acids is 1. The lowest BCUT2D eigenvalue weighted by Crippen LogP contribution is -2.24. The van der Waals surface area contributed by atoms with Crippen LogP contribution in [0.15, 0.2) is 23.0 Å². The molecule has 0 aromatic carbocycles. The van der Waals surface area contributed by atoms with Gasteiger partial charge in [0, 0.05) is 5.69 Å². The third kappa shape index (κ3) is 2.77. The van der Waals surface area contributed by atoms with E-state index in [-0.39, 0.29) is 10.4 Å². The van der Waals surface area contributed by atoms with E-state index < -0.39 is 17.4 Å². The maximum atomic E-state index is 12.1. The number of aromatic amines is 1. The molecule has 2 heterocycles. The molecule has 0 aliphatic carbocycles. The zero-order valence-corrected chi connectivity index (χ0v) is 11.6. The lowest BCUT2D eigenvalue weighted by Gasteiger charge is -2.05. The van der Waals surface area contributed by atoms with Gasteiger partial charge in [-0.2, -0.15) is 0 Å². The van der Waals surface area contributed by atoms with Crippen LogP contribution in [0.3, 0.4) is 0 Å². The van der Waals surface area contributed by atoms with Crippen molar-refractivity contribution in [2.24, 2.45) is 0 Å². The molecule has 7 heteroatoms. The second-order valence-electron chi connectivity index (χ2n) is 4.26. The van der Waals surface area contributed by atoms with E-state index in [1.54, 1.807) is 19.9 Å². The van der Waals surface area contributed by atoms with Gasteiger partial charge in [-0.05, 0) is 37.6 Å². The summed E-state index contributed by atoms with van der Waals surface area (Å²) < 4.78 is 0. The molecule has 1 amide bonds. The number of thiophene rings is 1. The number of anilines is 1. The number of hydrogen-bond donors (Lipinski definition) is 3. The smallest absolute Gasteiger partial charge is 0.345 e. The highest BCUT2D eigenvalue weighted by Crippen LogP contribution is 2.22. The first-order valence-electron chi connectivity index (χ1n) is 5.73. The van der Waals surface area contributed by atoms with Gasteiger partial charge in [-0.25, -0.2) is 4.79 Å². The van der Waals surface area contributed by atoms with E-state index in [1.807, 2.05) is 0 Å². The molecule has 0 saturated carbocycles. The number of nitrogens with one attached hydrogen (secondary N) is 2. The molecule has 0 aliphatic rings. The quantitative estimate of drug-likeness (QED) is 0.805. The van der Waals surface area contributed by atoms with E-state index in [9.17, 15) is 14.4 Å². The first kappa shape index (κ1) is 14.0. The Morgan fingerprint density at radius 3 is 2.55 bits per heavy atom. The highest BCUT2D eigenvalue weighted by Gasteiger charge is 2.16. The van der Waals surface area contributed by atoms with Crippen LogP contribution in [0.1, 0.15) is 31.3 Å². The molecule has 0 fully saturated rings. The predicted octanol–water partition coefficient (Wildman–Crippen LogP) is 2.00. The zero-order valence-electron chi connectivity index (χ0n) is 10.8. The van der Waals surface area contributed by atoms with Crippen molar-refractivity contribution in [2.45, 2.75) is 13.8 Å². The maximum absolute atomic E-state index is 12.1. The normalized spacial score (nSPS) is 10.3. The summed E-state index contributed by atoms with van der Waals surface area (Å²) in [7, 11) is 0. The Hall–Kier alpha value is -2.41. The lowest BCUT2D eigenvalue weighted by molar-refractivity contribution is 0.0702. The van der Waals surface area contributed by atoms with Crippen molar-refractivity contribution < 1.29 is 14.7 Å². The van der Waals surface area contributed by atoms with Gasteiger partial charge in [0.2, 0.25) is 0 Å². The number of carboxylic acids is 1. The molecule has 6 nitrogen and oxygen atoms in total. The summed E-state index contributed by atoms with van der Waals surface area (Å²) in [6.07, 6.45) is 0. The number of rotatable bonds is 3. The molecule has 2 aromatic heterocycles. The molecule has 0 atom stereocenters. The monoisotopic (exact) mass is 292 g/mol. The summed E-state index contributed by atoms with van der Waals surface area (Å²) >= 11 is 0.935. The number of aromatic nitrogens is 1. The van der Waals surface area contributed by atoms with E-state index in [0.29, 0.717) is 16.3 Å². The van der Waals surface area contributed by atoms with Crippen molar-refractivity contribution in [3.05, 3.63) is 50.3 Å².